The normalized spacial score (nSPS) is 11.1. The molecule has 0 saturated carbocycles. The van der Waals surface area contributed by atoms with Crippen molar-refractivity contribution in [1.82, 2.24) is 9.97 Å². The van der Waals surface area contributed by atoms with Crippen molar-refractivity contribution < 1.29 is 9.53 Å². The standard InChI is InChI=1S/C26H21N3O3S/c1-32-25(31)22(23-17-24(30)28-26(33)27-23)16-18-12-14-21(15-13-18)29(19-8-4-2-5-9-19)20-10-6-3-7-11-20/h2-17H,1H3,(H2,27,28,30,33)/b22-16-. The number of esters is 1. The first-order valence-corrected chi connectivity index (χ1v) is 10.6. The number of carbonyl (C=O) groups is 1. The first-order valence-electron chi connectivity index (χ1n) is 10.2. The van der Waals surface area contributed by atoms with Crippen LogP contribution in [0.5, 0.6) is 0 Å². The third-order valence-electron chi connectivity index (χ3n) is 4.95. The maximum absolute atomic E-state index is 12.4. The molecule has 0 radical (unpaired) electrons. The van der Waals surface area contributed by atoms with Crippen LogP contribution in [0.25, 0.3) is 11.6 Å². The van der Waals surface area contributed by atoms with Crippen LogP contribution in [0.2, 0.25) is 0 Å². The molecule has 0 saturated heterocycles. The Morgan fingerprint density at radius 2 is 1.39 bits per heavy atom. The first kappa shape index (κ1) is 22.0. The van der Waals surface area contributed by atoms with Crippen LogP contribution in [-0.4, -0.2) is 23.0 Å². The van der Waals surface area contributed by atoms with Crippen LogP contribution in [0.15, 0.2) is 95.8 Å². The van der Waals surface area contributed by atoms with Gasteiger partial charge >= 0.3 is 5.97 Å². The Morgan fingerprint density at radius 1 is 0.848 bits per heavy atom. The molecule has 0 aliphatic heterocycles. The molecule has 0 unspecified atom stereocenters. The Hall–Kier alpha value is -4.23. The quantitative estimate of drug-likeness (QED) is 0.224. The van der Waals surface area contributed by atoms with Crippen LogP contribution >= 0.6 is 12.2 Å². The number of anilines is 3. The number of H-pyrrole nitrogens is 2. The fourth-order valence-corrected chi connectivity index (χ4v) is 3.67. The summed E-state index contributed by atoms with van der Waals surface area (Å²) in [6.07, 6.45) is 1.66. The van der Waals surface area contributed by atoms with Crippen molar-refractivity contribution >= 4 is 46.9 Å². The second-order valence-electron chi connectivity index (χ2n) is 7.15. The van der Waals surface area contributed by atoms with Gasteiger partial charge in [0, 0.05) is 23.1 Å². The van der Waals surface area contributed by atoms with E-state index in [1.807, 2.05) is 84.9 Å². The van der Waals surface area contributed by atoms with Gasteiger partial charge in [0.25, 0.3) is 5.56 Å². The first-order chi connectivity index (χ1) is 16.0. The van der Waals surface area contributed by atoms with E-state index in [9.17, 15) is 9.59 Å². The van der Waals surface area contributed by atoms with Crippen LogP contribution in [0, 0.1) is 4.77 Å². The monoisotopic (exact) mass is 455 g/mol. The predicted molar refractivity (Wildman–Crippen MR) is 133 cm³/mol. The summed E-state index contributed by atoms with van der Waals surface area (Å²) < 4.78 is 5.04. The molecule has 3 aromatic carbocycles. The number of hydrogen-bond acceptors (Lipinski definition) is 5. The number of carbonyl (C=O) groups excluding carboxylic acids is 1. The second kappa shape index (κ2) is 9.93. The summed E-state index contributed by atoms with van der Waals surface area (Å²) in [7, 11) is 1.29. The molecule has 4 aromatic rings. The van der Waals surface area contributed by atoms with Crippen molar-refractivity contribution in [2.45, 2.75) is 0 Å². The van der Waals surface area contributed by atoms with Crippen LogP contribution in [0.3, 0.4) is 0 Å². The van der Waals surface area contributed by atoms with Crippen LogP contribution < -0.4 is 10.5 Å². The summed E-state index contributed by atoms with van der Waals surface area (Å²) in [5, 5.41) is 0. The van der Waals surface area contributed by atoms with Crippen molar-refractivity contribution in [3.05, 3.63) is 117 Å². The van der Waals surface area contributed by atoms with Gasteiger partial charge in [-0.1, -0.05) is 48.5 Å². The van der Waals surface area contributed by atoms with Crippen molar-refractivity contribution in [3.8, 4) is 0 Å². The van der Waals surface area contributed by atoms with E-state index in [0.29, 0.717) is 0 Å². The molecule has 1 heterocycles. The van der Waals surface area contributed by atoms with E-state index in [0.717, 1.165) is 22.6 Å². The lowest BCUT2D eigenvalue weighted by Gasteiger charge is -2.25. The van der Waals surface area contributed by atoms with Crippen molar-refractivity contribution in [1.29, 1.82) is 0 Å². The molecule has 0 atom stereocenters. The Balaban J connectivity index is 1.75. The van der Waals surface area contributed by atoms with Crippen molar-refractivity contribution in [2.75, 3.05) is 12.0 Å². The highest BCUT2D eigenvalue weighted by atomic mass is 32.1. The molecule has 0 bridgehead atoms. The molecular formula is C26H21N3O3S. The number of hydrogen-bond donors (Lipinski definition) is 2. The number of nitrogens with one attached hydrogen (secondary N) is 2. The second-order valence-corrected chi connectivity index (χ2v) is 7.56. The maximum Gasteiger partial charge on any atom is 0.339 e. The molecule has 33 heavy (non-hydrogen) atoms. The highest BCUT2D eigenvalue weighted by molar-refractivity contribution is 7.71. The molecule has 1 aromatic heterocycles. The average molecular weight is 456 g/mol. The number of nitrogens with zero attached hydrogens (tertiary/aromatic N) is 1. The van der Waals surface area contributed by atoms with Crippen LogP contribution in [0.1, 0.15) is 11.3 Å². The van der Waals surface area contributed by atoms with Gasteiger partial charge in [0.15, 0.2) is 4.77 Å². The van der Waals surface area contributed by atoms with Gasteiger partial charge in [0.2, 0.25) is 0 Å². The van der Waals surface area contributed by atoms with Gasteiger partial charge in [-0.05, 0) is 60.3 Å². The van der Waals surface area contributed by atoms with E-state index in [1.54, 1.807) is 6.08 Å². The SMILES string of the molecule is COC(=O)/C(=C\c1ccc(N(c2ccccc2)c2ccccc2)cc1)c1cc(=O)[nH]c(=S)[nH]1. The fourth-order valence-electron chi connectivity index (χ4n) is 3.46. The van der Waals surface area contributed by atoms with Crippen molar-refractivity contribution in [3.63, 3.8) is 0 Å². The molecule has 0 spiro atoms. The Labute approximate surface area is 195 Å². The molecule has 0 aliphatic rings. The van der Waals surface area contributed by atoms with E-state index in [1.165, 1.54) is 13.2 Å². The Bertz CT molecular complexity index is 1320. The van der Waals surface area contributed by atoms with Gasteiger partial charge in [0.05, 0.1) is 18.4 Å². The summed E-state index contributed by atoms with van der Waals surface area (Å²) in [6.45, 7) is 0. The minimum atomic E-state index is -0.578. The Kier molecular flexibility index (Phi) is 6.61. The fraction of sp³-hybridized carbons (Fsp3) is 0.0385. The highest BCUT2D eigenvalue weighted by Gasteiger charge is 2.15. The smallest absolute Gasteiger partial charge is 0.339 e. The number of methoxy groups -OCH3 is 1. The summed E-state index contributed by atoms with van der Waals surface area (Å²) in [6, 6.07) is 29.2. The summed E-state index contributed by atoms with van der Waals surface area (Å²) in [4.78, 5) is 31.7. The van der Waals surface area contributed by atoms with Gasteiger partial charge in [-0.15, -0.1) is 0 Å². The molecule has 7 heteroatoms. The zero-order valence-electron chi connectivity index (χ0n) is 17.8. The van der Waals surface area contributed by atoms with Gasteiger partial charge in [-0.2, -0.15) is 0 Å². The van der Waals surface area contributed by atoms with E-state index in [4.69, 9.17) is 17.0 Å². The highest BCUT2D eigenvalue weighted by Crippen LogP contribution is 2.34. The Morgan fingerprint density at radius 3 is 1.91 bits per heavy atom. The van der Waals surface area contributed by atoms with Gasteiger partial charge in [0.1, 0.15) is 0 Å². The van der Waals surface area contributed by atoms with E-state index < -0.39 is 11.5 Å². The number of benzene rings is 3. The topological polar surface area (TPSA) is 78.2 Å². The lowest BCUT2D eigenvalue weighted by molar-refractivity contribution is -0.133. The van der Waals surface area contributed by atoms with Gasteiger partial charge < -0.3 is 14.6 Å². The lowest BCUT2D eigenvalue weighted by atomic mass is 10.1. The third-order valence-corrected chi connectivity index (χ3v) is 5.15. The van der Waals surface area contributed by atoms with E-state index in [2.05, 4.69) is 14.9 Å². The van der Waals surface area contributed by atoms with E-state index in [-0.39, 0.29) is 16.0 Å². The van der Waals surface area contributed by atoms with Crippen molar-refractivity contribution in [2.24, 2.45) is 0 Å². The number of rotatable bonds is 6. The minimum absolute atomic E-state index is 0.129. The number of aromatic nitrogens is 2. The molecule has 0 fully saturated rings. The van der Waals surface area contributed by atoms with E-state index >= 15 is 0 Å². The molecule has 6 nitrogen and oxygen atoms in total. The molecule has 0 aliphatic carbocycles. The number of para-hydroxylation sites is 2. The average Bonchev–Trinajstić information content (AvgIpc) is 2.84. The molecule has 0 amide bonds. The van der Waals surface area contributed by atoms with Crippen LogP contribution in [0.4, 0.5) is 17.1 Å². The predicted octanol–water partition coefficient (Wildman–Crippen LogP) is 5.62. The molecular weight excluding hydrogens is 434 g/mol. The minimum Gasteiger partial charge on any atom is -0.465 e. The number of ether oxygens (including phenoxy) is 1. The summed E-state index contributed by atoms with van der Waals surface area (Å²) in [5.41, 5.74) is 3.86. The zero-order valence-corrected chi connectivity index (χ0v) is 18.6. The molecule has 4 rings (SSSR count). The zero-order chi connectivity index (χ0) is 23.2. The lowest BCUT2D eigenvalue weighted by Crippen LogP contribution is -2.12. The molecule has 2 N–H and O–H groups in total. The number of aromatic amines is 2. The van der Waals surface area contributed by atoms with Gasteiger partial charge in [-0.25, -0.2) is 4.79 Å². The van der Waals surface area contributed by atoms with Gasteiger partial charge in [-0.3, -0.25) is 9.78 Å². The maximum atomic E-state index is 12.4. The summed E-state index contributed by atoms with van der Waals surface area (Å²) >= 11 is 5.04. The molecule has 164 valence electrons. The largest absolute Gasteiger partial charge is 0.465 e. The summed E-state index contributed by atoms with van der Waals surface area (Å²) in [5.74, 6) is -0.578. The van der Waals surface area contributed by atoms with Crippen LogP contribution in [-0.2, 0) is 9.53 Å². The third kappa shape index (κ3) is 5.16.